The Labute approximate surface area is 149 Å². The summed E-state index contributed by atoms with van der Waals surface area (Å²) in [5.74, 6) is 0.225. The van der Waals surface area contributed by atoms with Crippen LogP contribution in [0.3, 0.4) is 0 Å². The number of rotatable bonds is 4. The van der Waals surface area contributed by atoms with Crippen LogP contribution in [-0.4, -0.2) is 50.7 Å². The van der Waals surface area contributed by atoms with Gasteiger partial charge >= 0.3 is 0 Å². The summed E-state index contributed by atoms with van der Waals surface area (Å²) in [6.07, 6.45) is 6.71. The van der Waals surface area contributed by atoms with Crippen LogP contribution < -0.4 is 0 Å². The van der Waals surface area contributed by atoms with Crippen molar-refractivity contribution in [2.75, 3.05) is 13.1 Å². The highest BCUT2D eigenvalue weighted by molar-refractivity contribution is 5.74. The molecule has 4 rings (SSSR count). The molecule has 0 radical (unpaired) electrons. The van der Waals surface area contributed by atoms with E-state index in [1.54, 1.807) is 6.92 Å². The van der Waals surface area contributed by atoms with Gasteiger partial charge in [-0.1, -0.05) is 18.2 Å². The van der Waals surface area contributed by atoms with Crippen LogP contribution in [0.25, 0.3) is 5.69 Å². The van der Waals surface area contributed by atoms with E-state index in [4.69, 9.17) is 5.10 Å². The van der Waals surface area contributed by atoms with E-state index in [1.807, 2.05) is 29.1 Å². The second kappa shape index (κ2) is 7.00. The molecular formula is C20H26N4O. The summed E-state index contributed by atoms with van der Waals surface area (Å²) in [7, 11) is 0. The lowest BCUT2D eigenvalue weighted by atomic mass is 10.0. The van der Waals surface area contributed by atoms with E-state index < -0.39 is 0 Å². The van der Waals surface area contributed by atoms with Crippen molar-refractivity contribution in [2.45, 2.75) is 51.2 Å². The maximum absolute atomic E-state index is 11.9. The molecule has 0 unspecified atom stereocenters. The lowest BCUT2D eigenvalue weighted by molar-refractivity contribution is -0.130. The first-order valence-electron chi connectivity index (χ1n) is 9.33. The number of carbonyl (C=O) groups excluding carboxylic acids is 1. The molecule has 2 atom stereocenters. The highest BCUT2D eigenvalue weighted by atomic mass is 16.2. The zero-order valence-corrected chi connectivity index (χ0v) is 14.8. The van der Waals surface area contributed by atoms with E-state index in [0.717, 1.165) is 43.9 Å². The van der Waals surface area contributed by atoms with Gasteiger partial charge < -0.3 is 4.90 Å². The Bertz CT molecular complexity index is 726. The minimum atomic E-state index is 0.225. The average Bonchev–Trinajstić information content (AvgIpc) is 3.36. The summed E-state index contributed by atoms with van der Waals surface area (Å²) in [6, 6.07) is 13.2. The largest absolute Gasteiger partial charge is 0.338 e. The summed E-state index contributed by atoms with van der Waals surface area (Å²) < 4.78 is 1.94. The number of benzene rings is 1. The Kier molecular flexibility index (Phi) is 4.57. The molecule has 0 saturated carbocycles. The Balaban J connectivity index is 1.47. The molecular weight excluding hydrogens is 312 g/mol. The number of aromatic nitrogens is 2. The van der Waals surface area contributed by atoms with Gasteiger partial charge in [0.1, 0.15) is 0 Å². The third-order valence-corrected chi connectivity index (χ3v) is 5.59. The third kappa shape index (κ3) is 3.33. The molecule has 2 saturated heterocycles. The Morgan fingerprint density at radius 2 is 1.84 bits per heavy atom. The van der Waals surface area contributed by atoms with Crippen molar-refractivity contribution in [3.05, 3.63) is 48.3 Å². The van der Waals surface area contributed by atoms with E-state index >= 15 is 0 Å². The summed E-state index contributed by atoms with van der Waals surface area (Å²) in [5.41, 5.74) is 2.19. The molecule has 2 fully saturated rings. The van der Waals surface area contributed by atoms with Crippen molar-refractivity contribution in [3.63, 3.8) is 0 Å². The maximum Gasteiger partial charge on any atom is 0.219 e. The zero-order valence-electron chi connectivity index (χ0n) is 14.8. The predicted octanol–water partition coefficient (Wildman–Crippen LogP) is 2.85. The molecule has 2 aromatic rings. The van der Waals surface area contributed by atoms with Gasteiger partial charge in [0.25, 0.3) is 0 Å². The highest BCUT2D eigenvalue weighted by Gasteiger charge is 2.38. The third-order valence-electron chi connectivity index (χ3n) is 5.59. The predicted molar refractivity (Wildman–Crippen MR) is 97.4 cm³/mol. The first-order chi connectivity index (χ1) is 12.2. The van der Waals surface area contributed by atoms with E-state index in [9.17, 15) is 4.79 Å². The monoisotopic (exact) mass is 338 g/mol. The van der Waals surface area contributed by atoms with Crippen molar-refractivity contribution < 1.29 is 4.79 Å². The quantitative estimate of drug-likeness (QED) is 0.861. The molecule has 25 heavy (non-hydrogen) atoms. The molecule has 1 aromatic carbocycles. The van der Waals surface area contributed by atoms with Crippen molar-refractivity contribution >= 4 is 5.91 Å². The lowest BCUT2D eigenvalue weighted by Crippen LogP contribution is -2.47. The Hall–Kier alpha value is -2.14. The van der Waals surface area contributed by atoms with Gasteiger partial charge in [-0.2, -0.15) is 5.10 Å². The molecule has 1 amide bonds. The fourth-order valence-electron chi connectivity index (χ4n) is 4.45. The number of para-hydroxylation sites is 1. The number of carbonyl (C=O) groups is 1. The summed E-state index contributed by atoms with van der Waals surface area (Å²) in [6.45, 7) is 4.60. The van der Waals surface area contributed by atoms with Crippen LogP contribution in [-0.2, 0) is 11.3 Å². The van der Waals surface area contributed by atoms with E-state index in [2.05, 4.69) is 28.0 Å². The molecule has 132 valence electrons. The van der Waals surface area contributed by atoms with Crippen molar-refractivity contribution in [1.82, 2.24) is 19.6 Å². The van der Waals surface area contributed by atoms with Gasteiger partial charge in [0.2, 0.25) is 5.91 Å². The molecule has 2 aliphatic heterocycles. The van der Waals surface area contributed by atoms with Gasteiger partial charge in [0.05, 0.1) is 11.4 Å². The van der Waals surface area contributed by atoms with Crippen LogP contribution in [0.4, 0.5) is 0 Å². The van der Waals surface area contributed by atoms with E-state index in [0.29, 0.717) is 12.1 Å². The van der Waals surface area contributed by atoms with E-state index in [1.165, 1.54) is 12.8 Å². The van der Waals surface area contributed by atoms with Crippen LogP contribution in [0.5, 0.6) is 0 Å². The molecule has 1 aromatic heterocycles. The SMILES string of the molecule is CC(=O)N1CCC[C@H]1[C@H]1CCCN1Cc1ccn(-c2ccccc2)n1. The molecule has 0 N–H and O–H groups in total. The van der Waals surface area contributed by atoms with Crippen molar-refractivity contribution in [2.24, 2.45) is 0 Å². The molecule has 3 heterocycles. The number of likely N-dealkylation sites (tertiary alicyclic amines) is 2. The summed E-state index contributed by atoms with van der Waals surface area (Å²) in [5, 5.41) is 4.75. The number of nitrogens with zero attached hydrogens (tertiary/aromatic N) is 4. The van der Waals surface area contributed by atoms with Crippen LogP contribution >= 0.6 is 0 Å². The summed E-state index contributed by atoms with van der Waals surface area (Å²) >= 11 is 0. The number of hydrogen-bond acceptors (Lipinski definition) is 3. The highest BCUT2D eigenvalue weighted by Crippen LogP contribution is 2.31. The van der Waals surface area contributed by atoms with Crippen LogP contribution in [0.15, 0.2) is 42.6 Å². The maximum atomic E-state index is 11.9. The number of hydrogen-bond donors (Lipinski definition) is 0. The fraction of sp³-hybridized carbons (Fsp3) is 0.500. The minimum Gasteiger partial charge on any atom is -0.338 e. The summed E-state index contributed by atoms with van der Waals surface area (Å²) in [4.78, 5) is 16.6. The van der Waals surface area contributed by atoms with Crippen LogP contribution in [0, 0.1) is 0 Å². The topological polar surface area (TPSA) is 41.4 Å². The molecule has 2 aliphatic rings. The first-order valence-corrected chi connectivity index (χ1v) is 9.33. The smallest absolute Gasteiger partial charge is 0.219 e. The van der Waals surface area contributed by atoms with Gasteiger partial charge in [-0.25, -0.2) is 4.68 Å². The van der Waals surface area contributed by atoms with Gasteiger partial charge in [0.15, 0.2) is 0 Å². The Morgan fingerprint density at radius 1 is 1.08 bits per heavy atom. The molecule has 5 nitrogen and oxygen atoms in total. The van der Waals surface area contributed by atoms with E-state index in [-0.39, 0.29) is 5.91 Å². The first kappa shape index (κ1) is 16.3. The second-order valence-electron chi connectivity index (χ2n) is 7.19. The van der Waals surface area contributed by atoms with Crippen LogP contribution in [0.2, 0.25) is 0 Å². The average molecular weight is 338 g/mol. The molecule has 0 bridgehead atoms. The Morgan fingerprint density at radius 3 is 2.64 bits per heavy atom. The normalized spacial score (nSPS) is 24.1. The minimum absolute atomic E-state index is 0.225. The van der Waals surface area contributed by atoms with Gasteiger partial charge in [-0.05, 0) is 50.4 Å². The number of amides is 1. The fourth-order valence-corrected chi connectivity index (χ4v) is 4.45. The second-order valence-corrected chi connectivity index (χ2v) is 7.19. The lowest BCUT2D eigenvalue weighted by Gasteiger charge is -2.34. The van der Waals surface area contributed by atoms with Crippen molar-refractivity contribution in [1.29, 1.82) is 0 Å². The van der Waals surface area contributed by atoms with Gasteiger partial charge in [0, 0.05) is 38.3 Å². The van der Waals surface area contributed by atoms with Crippen LogP contribution in [0.1, 0.15) is 38.3 Å². The zero-order chi connectivity index (χ0) is 17.2. The molecule has 0 aliphatic carbocycles. The van der Waals surface area contributed by atoms with Gasteiger partial charge in [-0.15, -0.1) is 0 Å². The molecule has 0 spiro atoms. The van der Waals surface area contributed by atoms with Crippen molar-refractivity contribution in [3.8, 4) is 5.69 Å². The standard InChI is InChI=1S/C20H26N4O/c1-16(25)23-13-6-10-20(23)19-9-5-12-22(19)15-17-11-14-24(21-17)18-7-3-2-4-8-18/h2-4,7-8,11,14,19-20H,5-6,9-10,12-13,15H2,1H3/t19-,20+/m1/s1. The molecule has 5 heteroatoms. The van der Waals surface area contributed by atoms with Gasteiger partial charge in [-0.3, -0.25) is 9.69 Å².